The molecule has 1 fully saturated rings. The summed E-state index contributed by atoms with van der Waals surface area (Å²) in [6.45, 7) is 5.49. The lowest BCUT2D eigenvalue weighted by molar-refractivity contribution is 0.0949. The highest BCUT2D eigenvalue weighted by Gasteiger charge is 2.26. The molecule has 1 N–H and O–H groups in total. The van der Waals surface area contributed by atoms with Gasteiger partial charge in [-0.1, -0.05) is 0 Å². The Morgan fingerprint density at radius 3 is 2.94 bits per heavy atom. The van der Waals surface area contributed by atoms with Crippen LogP contribution in [0.2, 0.25) is 0 Å². The standard InChI is InChI=1S/C13H20N4O/c1-4-14-13(18)10-8-9(2)15-12(16-10)11-6-5-7-17(11)3/h8,11H,4-7H2,1-3H3,(H,14,18)/t11-/m0/s1. The zero-order chi connectivity index (χ0) is 13.1. The molecule has 1 aliphatic heterocycles. The molecule has 1 saturated heterocycles. The van der Waals surface area contributed by atoms with Gasteiger partial charge in [0.05, 0.1) is 6.04 Å². The molecule has 0 unspecified atom stereocenters. The highest BCUT2D eigenvalue weighted by Crippen LogP contribution is 2.28. The molecule has 0 spiro atoms. The van der Waals surface area contributed by atoms with E-state index in [2.05, 4.69) is 27.2 Å². The second-order valence-electron chi connectivity index (χ2n) is 4.75. The van der Waals surface area contributed by atoms with Gasteiger partial charge < -0.3 is 5.32 Å². The van der Waals surface area contributed by atoms with E-state index >= 15 is 0 Å². The molecular weight excluding hydrogens is 228 g/mol. The van der Waals surface area contributed by atoms with Crippen LogP contribution in [0.25, 0.3) is 0 Å². The number of hydrogen-bond acceptors (Lipinski definition) is 4. The molecule has 98 valence electrons. The number of nitrogens with zero attached hydrogens (tertiary/aromatic N) is 3. The molecule has 1 amide bonds. The third-order valence-corrected chi connectivity index (χ3v) is 3.26. The smallest absolute Gasteiger partial charge is 0.270 e. The van der Waals surface area contributed by atoms with Crippen molar-refractivity contribution in [1.82, 2.24) is 20.2 Å². The van der Waals surface area contributed by atoms with Gasteiger partial charge in [0.1, 0.15) is 11.5 Å². The highest BCUT2D eigenvalue weighted by atomic mass is 16.1. The number of aromatic nitrogens is 2. The molecule has 1 aromatic heterocycles. The summed E-state index contributed by atoms with van der Waals surface area (Å²) >= 11 is 0. The molecule has 0 aromatic carbocycles. The fourth-order valence-corrected chi connectivity index (χ4v) is 2.34. The summed E-state index contributed by atoms with van der Waals surface area (Å²) in [4.78, 5) is 23.0. The van der Waals surface area contributed by atoms with Crippen molar-refractivity contribution in [3.05, 3.63) is 23.3 Å². The lowest BCUT2D eigenvalue weighted by Crippen LogP contribution is -2.26. The molecule has 18 heavy (non-hydrogen) atoms. The van der Waals surface area contributed by atoms with Crippen LogP contribution in [0.1, 0.15) is 47.8 Å². The maximum absolute atomic E-state index is 11.8. The number of hydrogen-bond donors (Lipinski definition) is 1. The summed E-state index contributed by atoms with van der Waals surface area (Å²) in [5, 5.41) is 2.78. The molecule has 2 heterocycles. The van der Waals surface area contributed by atoms with Crippen LogP contribution in [0.4, 0.5) is 0 Å². The zero-order valence-corrected chi connectivity index (χ0v) is 11.2. The number of amides is 1. The van der Waals surface area contributed by atoms with Gasteiger partial charge in [0.25, 0.3) is 5.91 Å². The first kappa shape index (κ1) is 13.0. The normalized spacial score (nSPS) is 20.1. The monoisotopic (exact) mass is 248 g/mol. The molecule has 0 saturated carbocycles. The maximum Gasteiger partial charge on any atom is 0.270 e. The Labute approximate surface area is 108 Å². The Morgan fingerprint density at radius 2 is 2.33 bits per heavy atom. The minimum absolute atomic E-state index is 0.120. The third-order valence-electron chi connectivity index (χ3n) is 3.26. The van der Waals surface area contributed by atoms with Crippen molar-refractivity contribution in [3.8, 4) is 0 Å². The molecule has 0 radical (unpaired) electrons. The largest absolute Gasteiger partial charge is 0.351 e. The molecule has 2 rings (SSSR count). The van der Waals surface area contributed by atoms with Gasteiger partial charge in [-0.2, -0.15) is 0 Å². The molecule has 1 aliphatic rings. The predicted octanol–water partition coefficient (Wildman–Crippen LogP) is 1.30. The molecule has 5 heteroatoms. The third kappa shape index (κ3) is 2.67. The summed E-state index contributed by atoms with van der Waals surface area (Å²) < 4.78 is 0. The van der Waals surface area contributed by atoms with Crippen molar-refractivity contribution >= 4 is 5.91 Å². The number of rotatable bonds is 3. The molecule has 0 bridgehead atoms. The van der Waals surface area contributed by atoms with Crippen LogP contribution in [0.15, 0.2) is 6.07 Å². The van der Waals surface area contributed by atoms with Crippen LogP contribution in [-0.2, 0) is 0 Å². The fourth-order valence-electron chi connectivity index (χ4n) is 2.34. The number of nitrogens with one attached hydrogen (secondary N) is 1. The van der Waals surface area contributed by atoms with E-state index in [-0.39, 0.29) is 11.9 Å². The van der Waals surface area contributed by atoms with Gasteiger partial charge in [-0.25, -0.2) is 9.97 Å². The van der Waals surface area contributed by atoms with Gasteiger partial charge in [0, 0.05) is 12.2 Å². The summed E-state index contributed by atoms with van der Waals surface area (Å²) in [7, 11) is 2.08. The van der Waals surface area contributed by atoms with Gasteiger partial charge in [0.2, 0.25) is 0 Å². The first-order chi connectivity index (χ1) is 8.61. The van der Waals surface area contributed by atoms with Crippen molar-refractivity contribution in [2.75, 3.05) is 20.1 Å². The van der Waals surface area contributed by atoms with Crippen molar-refractivity contribution in [2.24, 2.45) is 0 Å². The summed E-state index contributed by atoms with van der Waals surface area (Å²) in [6, 6.07) is 1.99. The maximum atomic E-state index is 11.8. The number of carbonyl (C=O) groups excluding carboxylic acids is 1. The van der Waals surface area contributed by atoms with Crippen molar-refractivity contribution in [2.45, 2.75) is 32.7 Å². The van der Waals surface area contributed by atoms with E-state index in [1.54, 1.807) is 6.07 Å². The average molecular weight is 248 g/mol. The number of carbonyl (C=O) groups is 1. The SMILES string of the molecule is CCNC(=O)c1cc(C)nc([C@@H]2CCCN2C)n1. The number of aryl methyl sites for hydroxylation is 1. The Kier molecular flexibility index (Phi) is 3.91. The van der Waals surface area contributed by atoms with Crippen LogP contribution in [0, 0.1) is 6.92 Å². The first-order valence-corrected chi connectivity index (χ1v) is 6.46. The summed E-state index contributed by atoms with van der Waals surface area (Å²) in [5.41, 5.74) is 1.32. The lowest BCUT2D eigenvalue weighted by Gasteiger charge is -2.18. The lowest BCUT2D eigenvalue weighted by atomic mass is 10.2. The van der Waals surface area contributed by atoms with Crippen LogP contribution in [0.3, 0.4) is 0 Å². The quantitative estimate of drug-likeness (QED) is 0.876. The minimum Gasteiger partial charge on any atom is -0.351 e. The van der Waals surface area contributed by atoms with Gasteiger partial charge in [-0.15, -0.1) is 0 Å². The number of likely N-dealkylation sites (tertiary alicyclic amines) is 1. The van der Waals surface area contributed by atoms with Gasteiger partial charge in [-0.05, 0) is 46.3 Å². The van der Waals surface area contributed by atoms with Gasteiger partial charge in [-0.3, -0.25) is 9.69 Å². The predicted molar refractivity (Wildman–Crippen MR) is 69.4 cm³/mol. The van der Waals surface area contributed by atoms with Crippen molar-refractivity contribution in [3.63, 3.8) is 0 Å². The molecule has 1 aromatic rings. The topological polar surface area (TPSA) is 58.1 Å². The van der Waals surface area contributed by atoms with Gasteiger partial charge in [0.15, 0.2) is 0 Å². The fraction of sp³-hybridized carbons (Fsp3) is 0.615. The summed E-state index contributed by atoms with van der Waals surface area (Å²) in [5.74, 6) is 0.654. The summed E-state index contributed by atoms with van der Waals surface area (Å²) in [6.07, 6.45) is 2.23. The van der Waals surface area contributed by atoms with E-state index in [1.165, 1.54) is 0 Å². The average Bonchev–Trinajstić information content (AvgIpc) is 2.75. The van der Waals surface area contributed by atoms with Crippen molar-refractivity contribution in [1.29, 1.82) is 0 Å². The van der Waals surface area contributed by atoms with E-state index in [0.717, 1.165) is 30.9 Å². The van der Waals surface area contributed by atoms with E-state index in [9.17, 15) is 4.79 Å². The first-order valence-electron chi connectivity index (χ1n) is 6.46. The second-order valence-corrected chi connectivity index (χ2v) is 4.75. The van der Waals surface area contributed by atoms with Crippen LogP contribution in [0.5, 0.6) is 0 Å². The Hall–Kier alpha value is -1.49. The molecular formula is C13H20N4O. The highest BCUT2D eigenvalue weighted by molar-refractivity contribution is 5.92. The molecule has 1 atom stereocenters. The van der Waals surface area contributed by atoms with E-state index in [4.69, 9.17) is 0 Å². The van der Waals surface area contributed by atoms with Crippen LogP contribution >= 0.6 is 0 Å². The van der Waals surface area contributed by atoms with Crippen LogP contribution < -0.4 is 5.32 Å². The Bertz CT molecular complexity index is 447. The second kappa shape index (κ2) is 5.44. The minimum atomic E-state index is -0.120. The van der Waals surface area contributed by atoms with Crippen LogP contribution in [-0.4, -0.2) is 40.9 Å². The van der Waals surface area contributed by atoms with E-state index in [0.29, 0.717) is 12.2 Å². The zero-order valence-electron chi connectivity index (χ0n) is 11.2. The Morgan fingerprint density at radius 1 is 1.56 bits per heavy atom. The molecule has 5 nitrogen and oxygen atoms in total. The van der Waals surface area contributed by atoms with Crippen molar-refractivity contribution < 1.29 is 4.79 Å². The van der Waals surface area contributed by atoms with Gasteiger partial charge >= 0.3 is 0 Å². The Balaban J connectivity index is 2.28. The molecule has 0 aliphatic carbocycles. The van der Waals surface area contributed by atoms with E-state index in [1.807, 2.05) is 13.8 Å². The van der Waals surface area contributed by atoms with E-state index < -0.39 is 0 Å².